The van der Waals surface area contributed by atoms with E-state index in [2.05, 4.69) is 17.0 Å². The van der Waals surface area contributed by atoms with Crippen LogP contribution in [-0.4, -0.2) is 25.0 Å². The molecule has 1 amide bonds. The Morgan fingerprint density at radius 1 is 1.25 bits per heavy atom. The van der Waals surface area contributed by atoms with Crippen LogP contribution in [0.5, 0.6) is 0 Å². The molecule has 24 heavy (non-hydrogen) atoms. The van der Waals surface area contributed by atoms with Crippen LogP contribution in [0.4, 0.5) is 0 Å². The first kappa shape index (κ1) is 17.7. The molecule has 126 valence electrons. The van der Waals surface area contributed by atoms with Crippen molar-refractivity contribution < 1.29 is 14.3 Å². The Balaban J connectivity index is 2.09. The standard InChI is InChI=1S/C19H22N2O3/c1-13-5-3-4-6-17(13)21-18(22)16(12-20)11-14-7-9-15(10-8-14)19(23)24-2/h7-11,13,17H,3-6H2,1-2H3,(H,21,22)/b16-11+. The molecule has 0 aromatic heterocycles. The van der Waals surface area contributed by atoms with Crippen molar-refractivity contribution in [2.24, 2.45) is 5.92 Å². The third kappa shape index (κ3) is 4.45. The van der Waals surface area contributed by atoms with Gasteiger partial charge in [0.05, 0.1) is 12.7 Å². The summed E-state index contributed by atoms with van der Waals surface area (Å²) in [5, 5.41) is 12.3. The highest BCUT2D eigenvalue weighted by Crippen LogP contribution is 2.24. The zero-order valence-corrected chi connectivity index (χ0v) is 14.0. The zero-order chi connectivity index (χ0) is 17.5. The van der Waals surface area contributed by atoms with Crippen molar-refractivity contribution in [2.45, 2.75) is 38.6 Å². The second kappa shape index (κ2) is 8.30. The van der Waals surface area contributed by atoms with Gasteiger partial charge in [0.1, 0.15) is 11.6 Å². The van der Waals surface area contributed by atoms with Crippen molar-refractivity contribution in [3.05, 3.63) is 41.0 Å². The molecule has 5 heteroatoms. The number of nitriles is 1. The van der Waals surface area contributed by atoms with Crippen molar-refractivity contribution in [2.75, 3.05) is 7.11 Å². The van der Waals surface area contributed by atoms with Crippen LogP contribution in [0.2, 0.25) is 0 Å². The molecule has 0 saturated heterocycles. The minimum Gasteiger partial charge on any atom is -0.465 e. The molecule has 1 fully saturated rings. The molecule has 0 radical (unpaired) electrons. The molecule has 0 spiro atoms. The first-order chi connectivity index (χ1) is 11.5. The van der Waals surface area contributed by atoms with Gasteiger partial charge in [0, 0.05) is 6.04 Å². The number of amides is 1. The Hall–Kier alpha value is -2.61. The predicted octanol–water partition coefficient (Wildman–Crippen LogP) is 3.08. The maximum absolute atomic E-state index is 12.3. The maximum atomic E-state index is 12.3. The van der Waals surface area contributed by atoms with E-state index >= 15 is 0 Å². The molecular weight excluding hydrogens is 304 g/mol. The molecule has 0 heterocycles. The Kier molecular flexibility index (Phi) is 6.14. The van der Waals surface area contributed by atoms with E-state index in [0.29, 0.717) is 17.0 Å². The molecule has 1 aromatic carbocycles. The summed E-state index contributed by atoms with van der Waals surface area (Å²) in [7, 11) is 1.32. The molecule has 5 nitrogen and oxygen atoms in total. The van der Waals surface area contributed by atoms with Gasteiger partial charge < -0.3 is 10.1 Å². The largest absolute Gasteiger partial charge is 0.465 e. The SMILES string of the molecule is COC(=O)c1ccc(/C=C(\C#N)C(=O)NC2CCCCC2C)cc1. The Bertz CT molecular complexity index is 671. The third-order valence-electron chi connectivity index (χ3n) is 4.44. The first-order valence-electron chi connectivity index (χ1n) is 8.16. The highest BCUT2D eigenvalue weighted by atomic mass is 16.5. The van der Waals surface area contributed by atoms with Crippen molar-refractivity contribution >= 4 is 18.0 Å². The van der Waals surface area contributed by atoms with Gasteiger partial charge in [-0.3, -0.25) is 4.79 Å². The lowest BCUT2D eigenvalue weighted by molar-refractivity contribution is -0.118. The van der Waals surface area contributed by atoms with Crippen LogP contribution in [0.15, 0.2) is 29.8 Å². The van der Waals surface area contributed by atoms with Gasteiger partial charge in [0.2, 0.25) is 0 Å². The topological polar surface area (TPSA) is 79.2 Å². The lowest BCUT2D eigenvalue weighted by Gasteiger charge is -2.29. The number of ether oxygens (including phenoxy) is 1. The van der Waals surface area contributed by atoms with E-state index in [1.165, 1.54) is 19.6 Å². The quantitative estimate of drug-likeness (QED) is 0.524. The number of hydrogen-bond donors (Lipinski definition) is 1. The second-order valence-electron chi connectivity index (χ2n) is 6.13. The number of rotatable bonds is 4. The summed E-state index contributed by atoms with van der Waals surface area (Å²) in [4.78, 5) is 23.7. The van der Waals surface area contributed by atoms with Crippen LogP contribution < -0.4 is 5.32 Å². The van der Waals surface area contributed by atoms with Crippen LogP contribution in [-0.2, 0) is 9.53 Å². The molecule has 1 aromatic rings. The number of nitrogens with one attached hydrogen (secondary N) is 1. The summed E-state index contributed by atoms with van der Waals surface area (Å²) in [6.07, 6.45) is 5.89. The molecular formula is C19H22N2O3. The molecule has 2 atom stereocenters. The van der Waals surface area contributed by atoms with Gasteiger partial charge in [-0.1, -0.05) is 31.9 Å². The lowest BCUT2D eigenvalue weighted by Crippen LogP contribution is -2.41. The van der Waals surface area contributed by atoms with Crippen LogP contribution >= 0.6 is 0 Å². The molecule has 1 saturated carbocycles. The van der Waals surface area contributed by atoms with Gasteiger partial charge in [0.25, 0.3) is 5.91 Å². The number of methoxy groups -OCH3 is 1. The molecule has 0 aliphatic heterocycles. The van der Waals surface area contributed by atoms with Crippen LogP contribution in [0.3, 0.4) is 0 Å². The van der Waals surface area contributed by atoms with Gasteiger partial charge in [-0.2, -0.15) is 5.26 Å². The number of carbonyl (C=O) groups is 2. The Morgan fingerprint density at radius 3 is 2.50 bits per heavy atom. The second-order valence-corrected chi connectivity index (χ2v) is 6.13. The van der Waals surface area contributed by atoms with Gasteiger partial charge in [-0.25, -0.2) is 4.79 Å². The predicted molar refractivity (Wildman–Crippen MR) is 90.9 cm³/mol. The smallest absolute Gasteiger partial charge is 0.337 e. The van der Waals surface area contributed by atoms with Crippen LogP contribution in [0, 0.1) is 17.2 Å². The summed E-state index contributed by atoms with van der Waals surface area (Å²) < 4.78 is 4.64. The summed E-state index contributed by atoms with van der Waals surface area (Å²) in [5.74, 6) is -0.328. The highest BCUT2D eigenvalue weighted by Gasteiger charge is 2.24. The van der Waals surface area contributed by atoms with Crippen molar-refractivity contribution in [1.82, 2.24) is 5.32 Å². The summed E-state index contributed by atoms with van der Waals surface area (Å²) in [5.41, 5.74) is 1.18. The fourth-order valence-electron chi connectivity index (χ4n) is 2.93. The fourth-order valence-corrected chi connectivity index (χ4v) is 2.93. The number of nitrogens with zero attached hydrogens (tertiary/aromatic N) is 1. The average molecular weight is 326 g/mol. The first-order valence-corrected chi connectivity index (χ1v) is 8.16. The third-order valence-corrected chi connectivity index (χ3v) is 4.44. The highest BCUT2D eigenvalue weighted by molar-refractivity contribution is 6.02. The van der Waals surface area contributed by atoms with E-state index in [0.717, 1.165) is 19.3 Å². The minimum atomic E-state index is -0.421. The molecule has 1 aliphatic carbocycles. The number of benzene rings is 1. The Labute approximate surface area is 142 Å². The molecule has 2 unspecified atom stereocenters. The van der Waals surface area contributed by atoms with E-state index in [4.69, 9.17) is 0 Å². The van der Waals surface area contributed by atoms with Gasteiger partial charge in [-0.15, -0.1) is 0 Å². The summed E-state index contributed by atoms with van der Waals surface area (Å²) in [6.45, 7) is 2.13. The maximum Gasteiger partial charge on any atom is 0.337 e. The van der Waals surface area contributed by atoms with Gasteiger partial charge in [-0.05, 0) is 42.5 Å². The number of carbonyl (C=O) groups excluding carboxylic acids is 2. The van der Waals surface area contributed by atoms with E-state index in [1.807, 2.05) is 6.07 Å². The average Bonchev–Trinajstić information content (AvgIpc) is 2.61. The fraction of sp³-hybridized carbons (Fsp3) is 0.421. The van der Waals surface area contributed by atoms with Gasteiger partial charge in [0.15, 0.2) is 0 Å². The normalized spacial score (nSPS) is 20.8. The van der Waals surface area contributed by atoms with Crippen molar-refractivity contribution in [1.29, 1.82) is 5.26 Å². The monoisotopic (exact) mass is 326 g/mol. The number of hydrogen-bond acceptors (Lipinski definition) is 4. The van der Waals surface area contributed by atoms with E-state index in [1.54, 1.807) is 24.3 Å². The zero-order valence-electron chi connectivity index (χ0n) is 14.0. The lowest BCUT2D eigenvalue weighted by atomic mass is 9.86. The summed E-state index contributed by atoms with van der Waals surface area (Å²) in [6, 6.07) is 8.66. The number of esters is 1. The van der Waals surface area contributed by atoms with Crippen molar-refractivity contribution in [3.63, 3.8) is 0 Å². The molecule has 1 N–H and O–H groups in total. The van der Waals surface area contributed by atoms with Crippen LogP contribution in [0.25, 0.3) is 6.08 Å². The van der Waals surface area contributed by atoms with Gasteiger partial charge >= 0.3 is 5.97 Å². The molecule has 0 bridgehead atoms. The Morgan fingerprint density at radius 2 is 1.92 bits per heavy atom. The summed E-state index contributed by atoms with van der Waals surface area (Å²) >= 11 is 0. The van der Waals surface area contributed by atoms with Crippen molar-refractivity contribution in [3.8, 4) is 6.07 Å². The minimum absolute atomic E-state index is 0.0681. The molecule has 1 aliphatic rings. The van der Waals surface area contributed by atoms with E-state index < -0.39 is 5.97 Å². The van der Waals surface area contributed by atoms with Crippen LogP contribution in [0.1, 0.15) is 48.5 Å². The molecule has 2 rings (SSSR count). The van der Waals surface area contributed by atoms with E-state index in [9.17, 15) is 14.9 Å². The van der Waals surface area contributed by atoms with E-state index in [-0.39, 0.29) is 17.5 Å².